The van der Waals surface area contributed by atoms with Gasteiger partial charge in [-0.2, -0.15) is 0 Å². The van der Waals surface area contributed by atoms with Crippen LogP contribution in [0.3, 0.4) is 0 Å². The molecule has 0 bridgehead atoms. The number of ketones is 1. The molecule has 1 atom stereocenters. The zero-order chi connectivity index (χ0) is 29.4. The number of para-hydroxylation sites is 2. The Kier molecular flexibility index (Phi) is 10.0. The van der Waals surface area contributed by atoms with E-state index >= 15 is 0 Å². The van der Waals surface area contributed by atoms with Gasteiger partial charge in [0.2, 0.25) is 11.8 Å². The average Bonchev–Trinajstić information content (AvgIpc) is 3.04. The van der Waals surface area contributed by atoms with Gasteiger partial charge in [-0.25, -0.2) is 9.59 Å². The Bertz CT molecular complexity index is 1230. The number of fused-ring (bicyclic) bond motifs is 1. The quantitative estimate of drug-likeness (QED) is 0.477. The third kappa shape index (κ3) is 7.68. The molecule has 0 saturated heterocycles. The Morgan fingerprint density at radius 3 is 2.02 bits per heavy atom. The highest BCUT2D eigenvalue weighted by Gasteiger charge is 2.41. The van der Waals surface area contributed by atoms with Crippen molar-refractivity contribution in [2.24, 2.45) is 17.1 Å². The van der Waals surface area contributed by atoms with Crippen molar-refractivity contribution in [3.05, 3.63) is 60.2 Å². The molecule has 1 aliphatic heterocycles. The largest absolute Gasteiger partial charge is 0.478 e. The topological polar surface area (TPSA) is 150 Å². The number of Topliss-reactive ketones (excluding diaryl/α,β-unsaturated/α-hetero) is 1. The first-order valence-corrected chi connectivity index (χ1v) is 13.5. The first-order chi connectivity index (χ1) is 18.9. The molecule has 1 saturated carbocycles. The predicted octanol–water partition coefficient (Wildman–Crippen LogP) is 3.98. The standard InChI is InChI=1S/C23H32N4O4.C7H6O2/c1-23(2,3)19(28)14-27-18-12-8-7-11-17(18)26(15-9-5-4-6-10-15)13-16(21(27)30)20(29)25-22(24)31;8-7(9)6-4-2-1-3-5-6/h7-8,11-12,15-16H,4-6,9-10,13-14H2,1-3H3,(H3,24,25,29,31);1-5H,(H,8,9). The second-order valence-corrected chi connectivity index (χ2v) is 11.1. The number of benzene rings is 2. The van der Waals surface area contributed by atoms with Gasteiger partial charge in [0.1, 0.15) is 5.92 Å². The molecule has 0 radical (unpaired) electrons. The Morgan fingerprint density at radius 2 is 1.50 bits per heavy atom. The predicted molar refractivity (Wildman–Crippen MR) is 152 cm³/mol. The molecular weight excluding hydrogens is 512 g/mol. The van der Waals surface area contributed by atoms with Crippen LogP contribution >= 0.6 is 0 Å². The first kappa shape index (κ1) is 30.3. The van der Waals surface area contributed by atoms with Crippen LogP contribution in [0.25, 0.3) is 0 Å². The van der Waals surface area contributed by atoms with Crippen LogP contribution in [0.2, 0.25) is 0 Å². The molecule has 4 rings (SSSR count). The van der Waals surface area contributed by atoms with E-state index in [0.717, 1.165) is 31.4 Å². The van der Waals surface area contributed by atoms with Gasteiger partial charge in [0, 0.05) is 18.0 Å². The molecule has 10 heteroatoms. The van der Waals surface area contributed by atoms with E-state index in [1.807, 2.05) is 24.3 Å². The van der Waals surface area contributed by atoms with E-state index in [1.165, 1.54) is 11.3 Å². The SMILES string of the molecule is CC(C)(C)C(=O)CN1C(=O)C(C(=O)NC(N)=O)CN(C2CCCCC2)c2ccccc21.O=C(O)c1ccccc1. The Hall–Kier alpha value is -4.21. The summed E-state index contributed by atoms with van der Waals surface area (Å²) in [5, 5.41) is 10.5. The van der Waals surface area contributed by atoms with Gasteiger partial charge in [-0.3, -0.25) is 19.7 Å². The number of imide groups is 1. The van der Waals surface area contributed by atoms with Gasteiger partial charge in [-0.1, -0.05) is 70.4 Å². The lowest BCUT2D eigenvalue weighted by atomic mass is 9.90. The van der Waals surface area contributed by atoms with E-state index in [9.17, 15) is 24.0 Å². The van der Waals surface area contributed by atoms with Gasteiger partial charge in [0.15, 0.2) is 5.78 Å². The van der Waals surface area contributed by atoms with Gasteiger partial charge in [-0.05, 0) is 37.1 Å². The summed E-state index contributed by atoms with van der Waals surface area (Å²) in [5.41, 5.74) is 6.29. The number of anilines is 2. The first-order valence-electron chi connectivity index (χ1n) is 13.5. The van der Waals surface area contributed by atoms with Gasteiger partial charge in [-0.15, -0.1) is 0 Å². The summed E-state index contributed by atoms with van der Waals surface area (Å²) in [4.78, 5) is 64.3. The fourth-order valence-corrected chi connectivity index (χ4v) is 4.88. The smallest absolute Gasteiger partial charge is 0.335 e. The Morgan fingerprint density at radius 1 is 0.925 bits per heavy atom. The highest BCUT2D eigenvalue weighted by Crippen LogP contribution is 2.38. The number of rotatable bonds is 5. The molecular formula is C30H38N4O6. The van der Waals surface area contributed by atoms with E-state index in [2.05, 4.69) is 10.2 Å². The van der Waals surface area contributed by atoms with Crippen LogP contribution < -0.4 is 20.9 Å². The number of carbonyl (C=O) groups excluding carboxylic acids is 4. The normalized spacial score (nSPS) is 17.6. The molecule has 1 unspecified atom stereocenters. The molecule has 4 amide bonds. The monoisotopic (exact) mass is 550 g/mol. The van der Waals surface area contributed by atoms with Crippen molar-refractivity contribution in [3.8, 4) is 0 Å². The number of aromatic carboxylic acids is 1. The summed E-state index contributed by atoms with van der Waals surface area (Å²) in [7, 11) is 0. The van der Waals surface area contributed by atoms with Crippen LogP contribution in [0.15, 0.2) is 54.6 Å². The van der Waals surface area contributed by atoms with Crippen LogP contribution in [0.1, 0.15) is 63.2 Å². The maximum atomic E-state index is 13.6. The Labute approximate surface area is 234 Å². The number of nitrogens with zero attached hydrogens (tertiary/aromatic N) is 2. The third-order valence-electron chi connectivity index (χ3n) is 7.16. The molecule has 1 aliphatic carbocycles. The molecule has 10 nitrogen and oxygen atoms in total. The fourth-order valence-electron chi connectivity index (χ4n) is 4.88. The van der Waals surface area contributed by atoms with Crippen molar-refractivity contribution in [2.45, 2.75) is 58.9 Å². The van der Waals surface area contributed by atoms with E-state index in [-0.39, 0.29) is 24.9 Å². The van der Waals surface area contributed by atoms with Crippen molar-refractivity contribution in [2.75, 3.05) is 22.9 Å². The molecule has 1 heterocycles. The van der Waals surface area contributed by atoms with Gasteiger partial charge in [0.05, 0.1) is 23.5 Å². The van der Waals surface area contributed by atoms with Crippen molar-refractivity contribution < 1.29 is 29.1 Å². The van der Waals surface area contributed by atoms with Gasteiger partial charge in [0.25, 0.3) is 0 Å². The maximum absolute atomic E-state index is 13.6. The molecule has 4 N–H and O–H groups in total. The van der Waals surface area contributed by atoms with Gasteiger partial charge < -0.3 is 20.6 Å². The number of urea groups is 1. The van der Waals surface area contributed by atoms with E-state index in [0.29, 0.717) is 11.3 Å². The highest BCUT2D eigenvalue weighted by molar-refractivity contribution is 6.15. The molecule has 2 aromatic carbocycles. The lowest BCUT2D eigenvalue weighted by Crippen LogP contribution is -2.51. The summed E-state index contributed by atoms with van der Waals surface area (Å²) in [6.45, 7) is 5.40. The van der Waals surface area contributed by atoms with Crippen LogP contribution in [0, 0.1) is 11.3 Å². The minimum atomic E-state index is -1.14. The molecule has 214 valence electrons. The molecule has 2 aromatic rings. The Balaban J connectivity index is 0.000000415. The van der Waals surface area contributed by atoms with E-state index in [1.54, 1.807) is 51.1 Å². The molecule has 40 heavy (non-hydrogen) atoms. The van der Waals surface area contributed by atoms with E-state index < -0.39 is 35.1 Å². The summed E-state index contributed by atoms with van der Waals surface area (Å²) >= 11 is 0. The zero-order valence-electron chi connectivity index (χ0n) is 23.3. The van der Waals surface area contributed by atoms with Crippen molar-refractivity contribution in [3.63, 3.8) is 0 Å². The summed E-state index contributed by atoms with van der Waals surface area (Å²) in [5.74, 6) is -3.37. The lowest BCUT2D eigenvalue weighted by Gasteiger charge is -2.37. The van der Waals surface area contributed by atoms with Crippen molar-refractivity contribution in [1.82, 2.24) is 5.32 Å². The summed E-state index contributed by atoms with van der Waals surface area (Å²) in [6, 6.07) is 14.9. The number of nitrogens with two attached hydrogens (primary N) is 1. The number of carboxylic acid groups (broad SMARTS) is 1. The second kappa shape index (κ2) is 13.2. The van der Waals surface area contributed by atoms with Crippen LogP contribution in [0.5, 0.6) is 0 Å². The third-order valence-corrected chi connectivity index (χ3v) is 7.16. The number of hydrogen-bond donors (Lipinski definition) is 3. The molecule has 1 fully saturated rings. The number of nitrogens with one attached hydrogen (secondary N) is 1. The molecule has 0 aromatic heterocycles. The zero-order valence-corrected chi connectivity index (χ0v) is 23.3. The molecule has 0 spiro atoms. The van der Waals surface area contributed by atoms with Gasteiger partial charge >= 0.3 is 12.0 Å². The van der Waals surface area contributed by atoms with Crippen LogP contribution in [-0.4, -0.2) is 53.8 Å². The van der Waals surface area contributed by atoms with E-state index in [4.69, 9.17) is 10.8 Å². The minimum Gasteiger partial charge on any atom is -0.478 e. The fraction of sp³-hybridized carbons (Fsp3) is 0.433. The summed E-state index contributed by atoms with van der Waals surface area (Å²) in [6.07, 6.45) is 5.27. The minimum absolute atomic E-state index is 0.115. The van der Waals surface area contributed by atoms with Crippen molar-refractivity contribution >= 4 is 41.0 Å². The number of amides is 4. The highest BCUT2D eigenvalue weighted by atomic mass is 16.4. The summed E-state index contributed by atoms with van der Waals surface area (Å²) < 4.78 is 0. The molecule has 2 aliphatic rings. The van der Waals surface area contributed by atoms with Crippen molar-refractivity contribution in [1.29, 1.82) is 0 Å². The number of hydrogen-bond acceptors (Lipinski definition) is 6. The maximum Gasteiger partial charge on any atom is 0.335 e. The number of carboxylic acids is 1. The van der Waals surface area contributed by atoms with Crippen LogP contribution in [0.4, 0.5) is 16.2 Å². The second-order valence-electron chi connectivity index (χ2n) is 11.1. The number of primary amides is 1. The number of carbonyl (C=O) groups is 5. The van der Waals surface area contributed by atoms with Crippen LogP contribution in [-0.2, 0) is 14.4 Å². The average molecular weight is 551 g/mol. The lowest BCUT2D eigenvalue weighted by molar-refractivity contribution is -0.134.